The standard InChI is InChI=1S/C26H38N6O6/c1-3-4-11-30-20(33)18(19(27)28)21(34)32(24(30)37)16-7-9-25(10-8-16)14-26(15-25)22(35)29(2)23(36)31(26)13-17-6-5-12-38-17/h16-17,33H,3-15H2,1-2H3,(H3,27,28)/t16?,17-,25?,26?/m1/s1. The van der Waals surface area contributed by atoms with E-state index in [1.807, 2.05) is 6.92 Å². The van der Waals surface area contributed by atoms with Crippen LogP contribution in [0.4, 0.5) is 4.79 Å². The molecule has 12 nitrogen and oxygen atoms in total. The van der Waals surface area contributed by atoms with Gasteiger partial charge in [-0.15, -0.1) is 0 Å². The lowest BCUT2D eigenvalue weighted by atomic mass is 9.51. The second-order valence-electron chi connectivity index (χ2n) is 11.6. The Kier molecular flexibility index (Phi) is 6.65. The van der Waals surface area contributed by atoms with Gasteiger partial charge in [-0.1, -0.05) is 13.3 Å². The first-order valence-corrected chi connectivity index (χ1v) is 13.7. The second-order valence-corrected chi connectivity index (χ2v) is 11.6. The van der Waals surface area contributed by atoms with Gasteiger partial charge in [-0.05, 0) is 63.2 Å². The lowest BCUT2D eigenvalue weighted by Gasteiger charge is -2.58. The molecule has 2 aliphatic carbocycles. The Morgan fingerprint density at radius 3 is 2.42 bits per heavy atom. The van der Waals surface area contributed by atoms with Crippen LogP contribution in [-0.2, 0) is 16.1 Å². The van der Waals surface area contributed by atoms with E-state index in [2.05, 4.69) is 0 Å². The van der Waals surface area contributed by atoms with Gasteiger partial charge in [-0.25, -0.2) is 9.59 Å². The zero-order valence-corrected chi connectivity index (χ0v) is 22.2. The van der Waals surface area contributed by atoms with Gasteiger partial charge >= 0.3 is 11.7 Å². The molecule has 1 aromatic rings. The Morgan fingerprint density at radius 2 is 1.84 bits per heavy atom. The summed E-state index contributed by atoms with van der Waals surface area (Å²) in [6, 6.07) is -0.663. The molecule has 208 valence electrons. The monoisotopic (exact) mass is 530 g/mol. The number of carbonyl (C=O) groups excluding carboxylic acids is 2. The third kappa shape index (κ3) is 3.95. The number of imide groups is 1. The fraction of sp³-hybridized carbons (Fsp3) is 0.731. The molecule has 2 saturated carbocycles. The van der Waals surface area contributed by atoms with Crippen LogP contribution in [0, 0.1) is 10.8 Å². The zero-order chi connectivity index (χ0) is 27.4. The molecular weight excluding hydrogens is 492 g/mol. The highest BCUT2D eigenvalue weighted by Gasteiger charge is 2.68. The number of unbranched alkanes of at least 4 members (excludes halogenated alkanes) is 1. The summed E-state index contributed by atoms with van der Waals surface area (Å²) in [5.74, 6) is -1.28. The predicted octanol–water partition coefficient (Wildman–Crippen LogP) is 1.51. The van der Waals surface area contributed by atoms with Crippen molar-refractivity contribution in [2.45, 2.75) is 95.4 Å². The van der Waals surface area contributed by atoms with Crippen LogP contribution < -0.4 is 17.0 Å². The van der Waals surface area contributed by atoms with Crippen molar-refractivity contribution < 1.29 is 19.4 Å². The first kappa shape index (κ1) is 26.5. The molecule has 38 heavy (non-hydrogen) atoms. The second kappa shape index (κ2) is 9.55. The van der Waals surface area contributed by atoms with Gasteiger partial charge in [0.15, 0.2) is 0 Å². The SMILES string of the molecule is CCCCn1c(O)c(C(=N)N)c(=O)n(C2CCC3(CC2)CC2(C3)C(=O)N(C)C(=O)N2C[C@H]2CCCO2)c1=O. The molecule has 4 aliphatic rings. The normalized spacial score (nSPS) is 31.0. The maximum absolute atomic E-state index is 13.3. The Balaban J connectivity index is 1.36. The van der Waals surface area contributed by atoms with E-state index in [0.29, 0.717) is 58.1 Å². The number of hydrogen-bond donors (Lipinski definition) is 3. The molecule has 4 N–H and O–H groups in total. The lowest BCUT2D eigenvalue weighted by Crippen LogP contribution is -2.65. The summed E-state index contributed by atoms with van der Waals surface area (Å²) < 4.78 is 8.06. The first-order valence-electron chi connectivity index (χ1n) is 13.7. The number of hydrogen-bond acceptors (Lipinski definition) is 7. The number of nitrogens with zero attached hydrogens (tertiary/aromatic N) is 4. The van der Waals surface area contributed by atoms with E-state index in [1.165, 1.54) is 11.9 Å². The van der Waals surface area contributed by atoms with Crippen molar-refractivity contribution in [3.8, 4) is 5.88 Å². The number of urea groups is 1. The van der Waals surface area contributed by atoms with Gasteiger partial charge in [0.1, 0.15) is 16.9 Å². The molecule has 2 aliphatic heterocycles. The summed E-state index contributed by atoms with van der Waals surface area (Å²) >= 11 is 0. The zero-order valence-electron chi connectivity index (χ0n) is 22.2. The maximum atomic E-state index is 13.3. The van der Waals surface area contributed by atoms with Crippen LogP contribution in [-0.4, -0.2) is 73.7 Å². The smallest absolute Gasteiger partial charge is 0.334 e. The molecule has 0 radical (unpaired) electrons. The molecule has 12 heteroatoms. The number of nitrogen functional groups attached to an aromatic ring is 1. The fourth-order valence-corrected chi connectivity index (χ4v) is 7.22. The number of rotatable bonds is 7. The number of nitrogens with two attached hydrogens (primary N) is 1. The average molecular weight is 531 g/mol. The van der Waals surface area contributed by atoms with Crippen LogP contribution in [0.3, 0.4) is 0 Å². The molecule has 5 rings (SSSR count). The van der Waals surface area contributed by atoms with Crippen molar-refractivity contribution in [3.63, 3.8) is 0 Å². The highest BCUT2D eigenvalue weighted by Crippen LogP contribution is 2.62. The third-order valence-electron chi connectivity index (χ3n) is 9.22. The molecular formula is C26H38N6O6. The lowest BCUT2D eigenvalue weighted by molar-refractivity contribution is -0.150. The van der Waals surface area contributed by atoms with E-state index in [1.54, 1.807) is 4.90 Å². The number of aromatic hydroxyl groups is 1. The van der Waals surface area contributed by atoms with Gasteiger partial charge < -0.3 is 20.5 Å². The number of carbonyl (C=O) groups is 2. The Morgan fingerprint density at radius 1 is 1.16 bits per heavy atom. The van der Waals surface area contributed by atoms with Crippen LogP contribution in [0.5, 0.6) is 5.88 Å². The quantitative estimate of drug-likeness (QED) is 0.273. The van der Waals surface area contributed by atoms with Gasteiger partial charge in [-0.3, -0.25) is 29.0 Å². The molecule has 3 heterocycles. The topological polar surface area (TPSA) is 164 Å². The van der Waals surface area contributed by atoms with Crippen molar-refractivity contribution in [3.05, 3.63) is 26.4 Å². The van der Waals surface area contributed by atoms with E-state index in [-0.39, 0.29) is 35.6 Å². The van der Waals surface area contributed by atoms with Gasteiger partial charge in [0.25, 0.3) is 11.5 Å². The molecule has 3 amide bonds. The van der Waals surface area contributed by atoms with E-state index >= 15 is 0 Å². The largest absolute Gasteiger partial charge is 0.494 e. The minimum absolute atomic E-state index is 0.0471. The molecule has 4 fully saturated rings. The molecule has 1 aromatic heterocycles. The van der Waals surface area contributed by atoms with Crippen LogP contribution in [0.15, 0.2) is 9.59 Å². The Hall–Kier alpha value is -3.15. The number of amidine groups is 1. The van der Waals surface area contributed by atoms with Crippen LogP contribution >= 0.6 is 0 Å². The summed E-state index contributed by atoms with van der Waals surface area (Å²) in [6.45, 7) is 3.28. The van der Waals surface area contributed by atoms with Crippen molar-refractivity contribution >= 4 is 17.8 Å². The third-order valence-corrected chi connectivity index (χ3v) is 9.22. The number of amides is 3. The van der Waals surface area contributed by atoms with Crippen LogP contribution in [0.1, 0.15) is 82.7 Å². The minimum atomic E-state index is -0.839. The van der Waals surface area contributed by atoms with Gasteiger partial charge in [0.05, 0.1) is 6.10 Å². The van der Waals surface area contributed by atoms with Crippen LogP contribution in [0.2, 0.25) is 0 Å². The van der Waals surface area contributed by atoms with E-state index in [9.17, 15) is 24.3 Å². The molecule has 2 saturated heterocycles. The van der Waals surface area contributed by atoms with E-state index in [0.717, 1.165) is 28.4 Å². The Labute approximate surface area is 220 Å². The van der Waals surface area contributed by atoms with Crippen molar-refractivity contribution in [2.75, 3.05) is 20.2 Å². The molecule has 0 aromatic carbocycles. The van der Waals surface area contributed by atoms with Gasteiger partial charge in [-0.2, -0.15) is 0 Å². The summed E-state index contributed by atoms with van der Waals surface area (Å²) in [7, 11) is 1.54. The van der Waals surface area contributed by atoms with Crippen molar-refractivity contribution in [1.29, 1.82) is 5.41 Å². The average Bonchev–Trinajstić information content (AvgIpc) is 3.43. The molecule has 0 unspecified atom stereocenters. The molecule has 2 spiro atoms. The van der Waals surface area contributed by atoms with Crippen molar-refractivity contribution in [1.82, 2.24) is 18.9 Å². The fourth-order valence-electron chi connectivity index (χ4n) is 7.22. The predicted molar refractivity (Wildman–Crippen MR) is 138 cm³/mol. The summed E-state index contributed by atoms with van der Waals surface area (Å²) in [6.07, 6.45) is 6.84. The summed E-state index contributed by atoms with van der Waals surface area (Å²) in [5, 5.41) is 18.4. The van der Waals surface area contributed by atoms with E-state index < -0.39 is 34.5 Å². The number of ether oxygens (including phenoxy) is 1. The number of nitrogens with one attached hydrogen (secondary N) is 1. The Bertz CT molecular complexity index is 1260. The van der Waals surface area contributed by atoms with Gasteiger partial charge in [0, 0.05) is 32.8 Å². The summed E-state index contributed by atoms with van der Waals surface area (Å²) in [4.78, 5) is 55.7. The van der Waals surface area contributed by atoms with Crippen molar-refractivity contribution in [2.24, 2.45) is 11.1 Å². The highest BCUT2D eigenvalue weighted by molar-refractivity contribution is 6.07. The number of aromatic nitrogens is 2. The number of likely N-dealkylation sites (N-methyl/N-ethyl adjacent to an activating group) is 1. The first-order chi connectivity index (χ1) is 18.0. The maximum Gasteiger partial charge on any atom is 0.334 e. The van der Waals surface area contributed by atoms with Gasteiger partial charge in [0.2, 0.25) is 5.88 Å². The molecule has 0 bridgehead atoms. The van der Waals surface area contributed by atoms with Crippen LogP contribution in [0.25, 0.3) is 0 Å². The summed E-state index contributed by atoms with van der Waals surface area (Å²) in [5.41, 5.74) is 2.98. The molecule has 1 atom stereocenters. The minimum Gasteiger partial charge on any atom is -0.494 e. The van der Waals surface area contributed by atoms with E-state index in [4.69, 9.17) is 15.9 Å². The highest BCUT2D eigenvalue weighted by atomic mass is 16.5.